The highest BCUT2D eigenvalue weighted by Crippen LogP contribution is 2.47. The summed E-state index contributed by atoms with van der Waals surface area (Å²) < 4.78 is 3.12. The molecule has 2 nitrogen and oxygen atoms in total. The van der Waals surface area contributed by atoms with Crippen molar-refractivity contribution in [1.29, 1.82) is 0 Å². The highest BCUT2D eigenvalue weighted by molar-refractivity contribution is 9.10. The molecular weight excluding hydrogens is 552 g/mol. The molecule has 1 heterocycles. The van der Waals surface area contributed by atoms with Gasteiger partial charge in [-0.15, -0.1) is 0 Å². The van der Waals surface area contributed by atoms with Gasteiger partial charge in [0.1, 0.15) is 11.2 Å². The number of hydrogen-bond donors (Lipinski definition) is 0. The SMILES string of the molecule is Clc1ccc(-c2nn(C(c3ccccc3)(c3ccccc3)c3ccccc3)c(-c3ccccc3)c2Br)cc1. The molecule has 4 heteroatoms. The van der Waals surface area contributed by atoms with Crippen LogP contribution in [0.5, 0.6) is 0 Å². The van der Waals surface area contributed by atoms with Crippen molar-refractivity contribution in [2.75, 3.05) is 0 Å². The van der Waals surface area contributed by atoms with E-state index >= 15 is 0 Å². The first-order chi connectivity index (χ1) is 18.7. The van der Waals surface area contributed by atoms with Gasteiger partial charge in [-0.2, -0.15) is 5.10 Å². The molecule has 0 radical (unpaired) electrons. The highest BCUT2D eigenvalue weighted by atomic mass is 79.9. The van der Waals surface area contributed by atoms with Crippen LogP contribution in [-0.4, -0.2) is 9.78 Å². The van der Waals surface area contributed by atoms with Gasteiger partial charge >= 0.3 is 0 Å². The molecule has 38 heavy (non-hydrogen) atoms. The molecule has 0 bridgehead atoms. The monoisotopic (exact) mass is 574 g/mol. The van der Waals surface area contributed by atoms with E-state index in [0.717, 1.165) is 43.7 Å². The summed E-state index contributed by atoms with van der Waals surface area (Å²) in [5.41, 5.74) is 6.51. The van der Waals surface area contributed by atoms with E-state index in [2.05, 4.69) is 136 Å². The van der Waals surface area contributed by atoms with Gasteiger partial charge in [0.05, 0.1) is 10.2 Å². The fourth-order valence-electron chi connectivity index (χ4n) is 5.18. The molecule has 1 aromatic heterocycles. The van der Waals surface area contributed by atoms with Crippen molar-refractivity contribution in [3.05, 3.63) is 172 Å². The molecule has 6 aromatic rings. The molecule has 0 saturated heterocycles. The number of nitrogens with zero attached hydrogens (tertiary/aromatic N) is 2. The van der Waals surface area contributed by atoms with Gasteiger partial charge in [-0.25, -0.2) is 4.68 Å². The van der Waals surface area contributed by atoms with Gasteiger partial charge in [0.15, 0.2) is 0 Å². The van der Waals surface area contributed by atoms with E-state index < -0.39 is 5.54 Å². The molecule has 0 atom stereocenters. The molecule has 0 fully saturated rings. The van der Waals surface area contributed by atoms with E-state index in [1.54, 1.807) is 0 Å². The van der Waals surface area contributed by atoms with E-state index in [1.807, 2.05) is 30.3 Å². The van der Waals surface area contributed by atoms with E-state index in [9.17, 15) is 0 Å². The maximum atomic E-state index is 6.25. The molecule has 5 aromatic carbocycles. The summed E-state index contributed by atoms with van der Waals surface area (Å²) in [7, 11) is 0. The summed E-state index contributed by atoms with van der Waals surface area (Å²) in [5.74, 6) is 0. The first-order valence-electron chi connectivity index (χ1n) is 12.5. The molecule has 0 saturated carbocycles. The quantitative estimate of drug-likeness (QED) is 0.181. The van der Waals surface area contributed by atoms with Crippen LogP contribution in [0.3, 0.4) is 0 Å². The Balaban J connectivity index is 1.79. The van der Waals surface area contributed by atoms with Crippen LogP contribution in [0.15, 0.2) is 150 Å². The number of hydrogen-bond acceptors (Lipinski definition) is 1. The second-order valence-electron chi connectivity index (χ2n) is 9.10. The molecule has 184 valence electrons. The summed E-state index contributed by atoms with van der Waals surface area (Å²) in [4.78, 5) is 0. The predicted molar refractivity (Wildman–Crippen MR) is 160 cm³/mol. The third-order valence-electron chi connectivity index (χ3n) is 6.88. The second kappa shape index (κ2) is 10.4. The summed E-state index contributed by atoms with van der Waals surface area (Å²) >= 11 is 10.2. The van der Waals surface area contributed by atoms with Gasteiger partial charge in [0.25, 0.3) is 0 Å². The predicted octanol–water partition coefficient (Wildman–Crippen LogP) is 9.47. The Kier molecular flexibility index (Phi) is 6.71. The number of aromatic nitrogens is 2. The fourth-order valence-corrected chi connectivity index (χ4v) is 6.01. The van der Waals surface area contributed by atoms with E-state index in [4.69, 9.17) is 16.7 Å². The molecule has 0 N–H and O–H groups in total. The second-order valence-corrected chi connectivity index (χ2v) is 10.3. The minimum absolute atomic E-state index is 0.694. The molecule has 0 aliphatic carbocycles. The molecule has 0 spiro atoms. The maximum Gasteiger partial charge on any atom is 0.138 e. The van der Waals surface area contributed by atoms with E-state index in [1.165, 1.54) is 0 Å². The molecule has 0 aliphatic rings. The van der Waals surface area contributed by atoms with Crippen LogP contribution < -0.4 is 0 Å². The van der Waals surface area contributed by atoms with Crippen molar-refractivity contribution < 1.29 is 0 Å². The van der Waals surface area contributed by atoms with E-state index in [-0.39, 0.29) is 0 Å². The number of rotatable bonds is 6. The molecule has 6 rings (SSSR count). The normalized spacial score (nSPS) is 11.4. The molecule has 0 amide bonds. The van der Waals surface area contributed by atoms with E-state index in [0.29, 0.717) is 5.02 Å². The average molecular weight is 576 g/mol. The molecular formula is C34H24BrClN2. The average Bonchev–Trinajstić information content (AvgIpc) is 3.33. The van der Waals surface area contributed by atoms with Crippen LogP contribution in [-0.2, 0) is 5.54 Å². The zero-order valence-electron chi connectivity index (χ0n) is 20.5. The lowest BCUT2D eigenvalue weighted by Crippen LogP contribution is -2.39. The zero-order chi connectivity index (χ0) is 26.0. The Morgan fingerprint density at radius 3 is 1.39 bits per heavy atom. The van der Waals surface area contributed by atoms with Gasteiger partial charge in [-0.1, -0.05) is 145 Å². The van der Waals surface area contributed by atoms with Crippen LogP contribution in [0.1, 0.15) is 16.7 Å². The summed E-state index contributed by atoms with van der Waals surface area (Å²) in [6.07, 6.45) is 0. The highest BCUT2D eigenvalue weighted by Gasteiger charge is 2.42. The van der Waals surface area contributed by atoms with Crippen LogP contribution in [0.4, 0.5) is 0 Å². The topological polar surface area (TPSA) is 17.8 Å². The Bertz CT molecular complexity index is 1550. The maximum absolute atomic E-state index is 6.25. The van der Waals surface area contributed by atoms with Gasteiger partial charge in [0, 0.05) is 16.1 Å². The molecule has 0 unspecified atom stereocenters. The van der Waals surface area contributed by atoms with Crippen molar-refractivity contribution in [2.45, 2.75) is 5.54 Å². The van der Waals surface area contributed by atoms with Crippen molar-refractivity contribution in [1.82, 2.24) is 9.78 Å². The number of halogens is 2. The Morgan fingerprint density at radius 1 is 0.526 bits per heavy atom. The first-order valence-corrected chi connectivity index (χ1v) is 13.6. The summed E-state index contributed by atoms with van der Waals surface area (Å²) in [6.45, 7) is 0. The lowest BCUT2D eigenvalue weighted by molar-refractivity contribution is 0.466. The zero-order valence-corrected chi connectivity index (χ0v) is 22.8. The van der Waals surface area contributed by atoms with Gasteiger partial charge in [-0.05, 0) is 44.8 Å². The number of benzene rings is 5. The lowest BCUT2D eigenvalue weighted by Gasteiger charge is -2.37. The fraction of sp³-hybridized carbons (Fsp3) is 0.0294. The first kappa shape index (κ1) is 24.4. The van der Waals surface area contributed by atoms with Crippen LogP contribution >= 0.6 is 27.5 Å². The van der Waals surface area contributed by atoms with Crippen LogP contribution in [0.25, 0.3) is 22.5 Å². The standard InChI is InChI=1S/C34H24BrClN2/c35-31-32(25-21-23-30(36)24-22-25)37-38(33(31)26-13-5-1-6-14-26)34(27-15-7-2-8-16-27,28-17-9-3-10-18-28)29-19-11-4-12-20-29/h1-24H. The van der Waals surface area contributed by atoms with Crippen LogP contribution in [0, 0.1) is 0 Å². The van der Waals surface area contributed by atoms with Crippen molar-refractivity contribution in [2.24, 2.45) is 0 Å². The van der Waals surface area contributed by atoms with Gasteiger partial charge in [0.2, 0.25) is 0 Å². The van der Waals surface area contributed by atoms with Crippen molar-refractivity contribution >= 4 is 27.5 Å². The largest absolute Gasteiger partial charge is 0.243 e. The Morgan fingerprint density at radius 2 is 0.947 bits per heavy atom. The smallest absolute Gasteiger partial charge is 0.138 e. The Labute approximate surface area is 236 Å². The molecule has 0 aliphatic heterocycles. The summed E-state index contributed by atoms with van der Waals surface area (Å²) in [5, 5.41) is 6.11. The van der Waals surface area contributed by atoms with Crippen LogP contribution in [0.2, 0.25) is 5.02 Å². The third kappa shape index (κ3) is 4.18. The Hall–Kier alpha value is -3.92. The minimum atomic E-state index is -0.748. The van der Waals surface area contributed by atoms with Crippen molar-refractivity contribution in [3.63, 3.8) is 0 Å². The summed E-state index contributed by atoms with van der Waals surface area (Å²) in [6, 6.07) is 50.1. The minimum Gasteiger partial charge on any atom is -0.243 e. The van der Waals surface area contributed by atoms with Gasteiger partial charge < -0.3 is 0 Å². The third-order valence-corrected chi connectivity index (χ3v) is 7.89. The van der Waals surface area contributed by atoms with Crippen molar-refractivity contribution in [3.8, 4) is 22.5 Å². The lowest BCUT2D eigenvalue weighted by atomic mass is 9.76. The van der Waals surface area contributed by atoms with Gasteiger partial charge in [-0.3, -0.25) is 0 Å².